The lowest BCUT2D eigenvalue weighted by Crippen LogP contribution is -2.32. The van der Waals surface area contributed by atoms with Gasteiger partial charge in [-0.25, -0.2) is 8.42 Å². The summed E-state index contributed by atoms with van der Waals surface area (Å²) in [6.07, 6.45) is 3.55. The molecule has 1 unspecified atom stereocenters. The van der Waals surface area contributed by atoms with Crippen molar-refractivity contribution < 1.29 is 22.7 Å². The summed E-state index contributed by atoms with van der Waals surface area (Å²) in [6, 6.07) is 16.4. The van der Waals surface area contributed by atoms with Gasteiger partial charge in [-0.3, -0.25) is 9.78 Å². The van der Waals surface area contributed by atoms with Crippen molar-refractivity contribution in [2.24, 2.45) is 0 Å². The molecule has 33 heavy (non-hydrogen) atoms. The number of methoxy groups -OCH3 is 1. The minimum absolute atomic E-state index is 0.173. The topological polar surface area (TPSA) is 85.8 Å². The van der Waals surface area contributed by atoms with Gasteiger partial charge in [0.25, 0.3) is 0 Å². The van der Waals surface area contributed by atoms with Crippen LogP contribution in [0, 0.1) is 6.92 Å². The lowest BCUT2D eigenvalue weighted by molar-refractivity contribution is -0.140. The van der Waals surface area contributed by atoms with Gasteiger partial charge in [0.15, 0.2) is 0 Å². The number of fused-ring (bicyclic) bond motifs is 1. The van der Waals surface area contributed by atoms with Crippen LogP contribution >= 0.6 is 0 Å². The van der Waals surface area contributed by atoms with Crippen LogP contribution in [0.5, 0.6) is 5.75 Å². The third kappa shape index (κ3) is 4.91. The molecule has 0 amide bonds. The summed E-state index contributed by atoms with van der Waals surface area (Å²) >= 11 is 0. The van der Waals surface area contributed by atoms with Gasteiger partial charge in [-0.2, -0.15) is 4.31 Å². The molecule has 0 bridgehead atoms. The molecule has 7 nitrogen and oxygen atoms in total. The SMILES string of the molecule is COC(=O)CC(c1ccncc1)c1ccc(C)c(CN2CCOc3ccccc3S2(=O)=O)c1. The van der Waals surface area contributed by atoms with E-state index >= 15 is 0 Å². The van der Waals surface area contributed by atoms with Gasteiger partial charge in [-0.15, -0.1) is 0 Å². The molecule has 0 N–H and O–H groups in total. The Labute approximate surface area is 194 Å². The highest BCUT2D eigenvalue weighted by atomic mass is 32.2. The second-order valence-corrected chi connectivity index (χ2v) is 9.84. The molecule has 0 spiro atoms. The Morgan fingerprint density at radius 1 is 1.12 bits per heavy atom. The van der Waals surface area contributed by atoms with Crippen molar-refractivity contribution in [3.8, 4) is 5.75 Å². The van der Waals surface area contributed by atoms with Gasteiger partial charge in [0.05, 0.1) is 13.5 Å². The minimum Gasteiger partial charge on any atom is -0.491 e. The van der Waals surface area contributed by atoms with Gasteiger partial charge in [-0.1, -0.05) is 30.3 Å². The number of aromatic nitrogens is 1. The lowest BCUT2D eigenvalue weighted by Gasteiger charge is -2.22. The minimum atomic E-state index is -3.72. The van der Waals surface area contributed by atoms with Crippen molar-refractivity contribution in [2.75, 3.05) is 20.3 Å². The fourth-order valence-electron chi connectivity index (χ4n) is 4.01. The predicted octanol–water partition coefficient (Wildman–Crippen LogP) is 3.67. The van der Waals surface area contributed by atoms with Crippen LogP contribution in [0.25, 0.3) is 0 Å². The zero-order valence-corrected chi connectivity index (χ0v) is 19.4. The molecular formula is C25H26N2O5S. The predicted molar refractivity (Wildman–Crippen MR) is 123 cm³/mol. The number of ether oxygens (including phenoxy) is 2. The third-order valence-electron chi connectivity index (χ3n) is 5.89. The average Bonchev–Trinajstić information content (AvgIpc) is 2.95. The zero-order valence-electron chi connectivity index (χ0n) is 18.6. The van der Waals surface area contributed by atoms with Gasteiger partial charge in [0.2, 0.25) is 10.0 Å². The lowest BCUT2D eigenvalue weighted by atomic mass is 9.87. The second kappa shape index (κ2) is 9.72. The summed E-state index contributed by atoms with van der Waals surface area (Å²) in [6.45, 7) is 2.68. The van der Waals surface area contributed by atoms with E-state index in [1.165, 1.54) is 11.4 Å². The first-order valence-electron chi connectivity index (χ1n) is 10.7. The summed E-state index contributed by atoms with van der Waals surface area (Å²) in [5.74, 6) is -0.173. The molecule has 2 aromatic carbocycles. The van der Waals surface area contributed by atoms with E-state index in [1.54, 1.807) is 36.7 Å². The van der Waals surface area contributed by atoms with Crippen LogP contribution in [-0.4, -0.2) is 43.9 Å². The van der Waals surface area contributed by atoms with Gasteiger partial charge in [-0.05, 0) is 53.4 Å². The highest BCUT2D eigenvalue weighted by Crippen LogP contribution is 2.33. The molecule has 0 saturated carbocycles. The van der Waals surface area contributed by atoms with Gasteiger partial charge >= 0.3 is 5.97 Å². The molecule has 4 rings (SSSR count). The fourth-order valence-corrected chi connectivity index (χ4v) is 5.54. The van der Waals surface area contributed by atoms with E-state index in [0.29, 0.717) is 5.75 Å². The number of hydrogen-bond donors (Lipinski definition) is 0. The van der Waals surface area contributed by atoms with Crippen LogP contribution < -0.4 is 4.74 Å². The first kappa shape index (κ1) is 22.9. The monoisotopic (exact) mass is 466 g/mol. The summed E-state index contributed by atoms with van der Waals surface area (Å²) in [5, 5.41) is 0. The number of rotatable bonds is 6. The summed E-state index contributed by atoms with van der Waals surface area (Å²) in [4.78, 5) is 16.4. The van der Waals surface area contributed by atoms with Crippen LogP contribution in [0.2, 0.25) is 0 Å². The Morgan fingerprint density at radius 2 is 1.88 bits per heavy atom. The Bertz CT molecular complexity index is 1240. The van der Waals surface area contributed by atoms with Crippen LogP contribution in [0.15, 0.2) is 71.9 Å². The summed E-state index contributed by atoms with van der Waals surface area (Å²) in [7, 11) is -2.34. The quantitative estimate of drug-likeness (QED) is 0.516. The van der Waals surface area contributed by atoms with Crippen LogP contribution in [0.3, 0.4) is 0 Å². The van der Waals surface area contributed by atoms with Crippen molar-refractivity contribution in [1.82, 2.24) is 9.29 Å². The molecule has 1 aromatic heterocycles. The smallest absolute Gasteiger partial charge is 0.306 e. The average molecular weight is 467 g/mol. The fraction of sp³-hybridized carbons (Fsp3) is 0.280. The molecule has 1 aliphatic rings. The number of esters is 1. The summed E-state index contributed by atoms with van der Waals surface area (Å²) in [5.41, 5.74) is 3.70. The largest absolute Gasteiger partial charge is 0.491 e. The summed E-state index contributed by atoms with van der Waals surface area (Å²) < 4.78 is 38.7. The first-order chi connectivity index (χ1) is 15.9. The highest BCUT2D eigenvalue weighted by molar-refractivity contribution is 7.89. The number of benzene rings is 2. The molecule has 0 aliphatic carbocycles. The number of aryl methyl sites for hydroxylation is 1. The number of para-hydroxylation sites is 1. The van der Waals surface area contributed by atoms with Gasteiger partial charge in [0, 0.05) is 31.4 Å². The number of carbonyl (C=O) groups excluding carboxylic acids is 1. The number of hydrogen-bond acceptors (Lipinski definition) is 6. The van der Waals surface area contributed by atoms with Crippen molar-refractivity contribution in [3.63, 3.8) is 0 Å². The van der Waals surface area contributed by atoms with Crippen LogP contribution in [0.1, 0.15) is 34.6 Å². The molecule has 2 heterocycles. The van der Waals surface area contributed by atoms with Crippen molar-refractivity contribution >= 4 is 16.0 Å². The van der Waals surface area contributed by atoms with Crippen molar-refractivity contribution in [3.05, 3.63) is 89.2 Å². The molecular weight excluding hydrogens is 440 g/mol. The molecule has 1 atom stereocenters. The maximum atomic E-state index is 13.3. The van der Waals surface area contributed by atoms with E-state index < -0.39 is 10.0 Å². The number of sulfonamides is 1. The number of pyridine rings is 1. The molecule has 172 valence electrons. The standard InChI is InChI=1S/C25H26N2O5S/c1-18-7-8-20(22(16-25(28)31-2)19-9-11-26-12-10-19)15-21(18)17-27-13-14-32-23-5-3-4-6-24(23)33(27,29)30/h3-12,15,22H,13-14,16-17H2,1-2H3. The van der Waals surface area contributed by atoms with E-state index in [4.69, 9.17) is 9.47 Å². The maximum Gasteiger partial charge on any atom is 0.306 e. The molecule has 8 heteroatoms. The van der Waals surface area contributed by atoms with E-state index in [9.17, 15) is 13.2 Å². The molecule has 0 radical (unpaired) electrons. The number of carbonyl (C=O) groups is 1. The van der Waals surface area contributed by atoms with Gasteiger partial charge in [0.1, 0.15) is 17.3 Å². The molecule has 0 saturated heterocycles. The molecule has 3 aromatic rings. The van der Waals surface area contributed by atoms with Crippen molar-refractivity contribution in [1.29, 1.82) is 0 Å². The van der Waals surface area contributed by atoms with Crippen LogP contribution in [-0.2, 0) is 26.1 Å². The Hall–Kier alpha value is -3.23. The van der Waals surface area contributed by atoms with E-state index in [2.05, 4.69) is 4.98 Å². The van der Waals surface area contributed by atoms with Crippen LogP contribution in [0.4, 0.5) is 0 Å². The maximum absolute atomic E-state index is 13.3. The van der Waals surface area contributed by atoms with E-state index in [-0.39, 0.29) is 42.9 Å². The Morgan fingerprint density at radius 3 is 2.64 bits per heavy atom. The highest BCUT2D eigenvalue weighted by Gasteiger charge is 2.31. The van der Waals surface area contributed by atoms with E-state index in [1.807, 2.05) is 37.3 Å². The normalized spacial score (nSPS) is 16.2. The van der Waals surface area contributed by atoms with E-state index in [0.717, 1.165) is 22.3 Å². The molecule has 0 fully saturated rings. The Kier molecular flexibility index (Phi) is 6.76. The van der Waals surface area contributed by atoms with Crippen molar-refractivity contribution in [2.45, 2.75) is 30.7 Å². The zero-order chi connectivity index (χ0) is 23.4. The second-order valence-electron chi connectivity index (χ2n) is 7.93. The van der Waals surface area contributed by atoms with Gasteiger partial charge < -0.3 is 9.47 Å². The number of nitrogens with zero attached hydrogens (tertiary/aromatic N) is 2. The Balaban J connectivity index is 1.69. The first-order valence-corrected chi connectivity index (χ1v) is 12.1. The molecule has 1 aliphatic heterocycles. The third-order valence-corrected chi connectivity index (χ3v) is 7.78.